The van der Waals surface area contributed by atoms with E-state index in [2.05, 4.69) is 29.1 Å². The molecule has 1 unspecified atom stereocenters. The summed E-state index contributed by atoms with van der Waals surface area (Å²) >= 11 is 0. The van der Waals surface area contributed by atoms with Crippen LogP contribution in [-0.2, 0) is 0 Å². The summed E-state index contributed by atoms with van der Waals surface area (Å²) < 4.78 is 0. The van der Waals surface area contributed by atoms with E-state index in [1.54, 1.807) is 0 Å². The van der Waals surface area contributed by atoms with E-state index in [1.807, 2.05) is 0 Å². The van der Waals surface area contributed by atoms with Gasteiger partial charge in [-0.1, -0.05) is 0 Å². The third kappa shape index (κ3) is 3.16. The minimum Gasteiger partial charge on any atom is -0.314 e. The lowest BCUT2D eigenvalue weighted by atomic mass is 9.95. The van der Waals surface area contributed by atoms with Gasteiger partial charge in [-0.25, -0.2) is 0 Å². The van der Waals surface area contributed by atoms with E-state index < -0.39 is 0 Å². The van der Waals surface area contributed by atoms with E-state index in [4.69, 9.17) is 0 Å². The molecule has 2 fully saturated rings. The van der Waals surface area contributed by atoms with E-state index >= 15 is 0 Å². The molecule has 0 bridgehead atoms. The SMILES string of the molecule is CC1CNCCN1CC1CCN(C)CC1. The van der Waals surface area contributed by atoms with Crippen LogP contribution < -0.4 is 5.32 Å². The Morgan fingerprint density at radius 1 is 1.20 bits per heavy atom. The van der Waals surface area contributed by atoms with Crippen molar-refractivity contribution in [1.82, 2.24) is 15.1 Å². The molecular formula is C12H25N3. The van der Waals surface area contributed by atoms with Gasteiger partial charge in [0.2, 0.25) is 0 Å². The first-order valence-corrected chi connectivity index (χ1v) is 6.39. The van der Waals surface area contributed by atoms with E-state index in [0.29, 0.717) is 0 Å². The van der Waals surface area contributed by atoms with Crippen LogP contribution in [-0.4, -0.2) is 62.2 Å². The molecule has 2 heterocycles. The first kappa shape index (κ1) is 11.4. The van der Waals surface area contributed by atoms with Gasteiger partial charge in [-0.3, -0.25) is 4.90 Å². The summed E-state index contributed by atoms with van der Waals surface area (Å²) in [6.45, 7) is 9.87. The van der Waals surface area contributed by atoms with Crippen LogP contribution in [0.1, 0.15) is 19.8 Å². The average Bonchev–Trinajstić information content (AvgIpc) is 2.25. The predicted molar refractivity (Wildman–Crippen MR) is 64.1 cm³/mol. The highest BCUT2D eigenvalue weighted by atomic mass is 15.2. The molecule has 1 atom stereocenters. The van der Waals surface area contributed by atoms with Crippen molar-refractivity contribution in [3.63, 3.8) is 0 Å². The fourth-order valence-electron chi connectivity index (χ4n) is 2.73. The molecule has 2 saturated heterocycles. The number of nitrogens with zero attached hydrogens (tertiary/aromatic N) is 2. The topological polar surface area (TPSA) is 18.5 Å². The number of piperazine rings is 1. The van der Waals surface area contributed by atoms with Gasteiger partial charge in [-0.05, 0) is 45.8 Å². The lowest BCUT2D eigenvalue weighted by molar-refractivity contribution is 0.116. The molecule has 0 aromatic heterocycles. The average molecular weight is 211 g/mol. The zero-order valence-corrected chi connectivity index (χ0v) is 10.2. The van der Waals surface area contributed by atoms with Crippen molar-refractivity contribution in [3.05, 3.63) is 0 Å². The molecule has 0 aliphatic carbocycles. The van der Waals surface area contributed by atoms with Crippen molar-refractivity contribution < 1.29 is 0 Å². The largest absolute Gasteiger partial charge is 0.314 e. The second kappa shape index (κ2) is 5.28. The third-order valence-electron chi connectivity index (χ3n) is 3.97. The van der Waals surface area contributed by atoms with E-state index in [9.17, 15) is 0 Å². The molecule has 1 N–H and O–H groups in total. The smallest absolute Gasteiger partial charge is 0.0193 e. The summed E-state index contributed by atoms with van der Waals surface area (Å²) in [7, 11) is 2.24. The summed E-state index contributed by atoms with van der Waals surface area (Å²) in [5, 5.41) is 3.46. The van der Waals surface area contributed by atoms with Gasteiger partial charge in [-0.15, -0.1) is 0 Å². The molecule has 0 radical (unpaired) electrons. The second-order valence-electron chi connectivity index (χ2n) is 5.29. The standard InChI is InChI=1S/C12H25N3/c1-11-9-13-5-8-15(11)10-12-3-6-14(2)7-4-12/h11-13H,3-10H2,1-2H3. The molecule has 0 spiro atoms. The molecule has 3 nitrogen and oxygen atoms in total. The highest BCUT2D eigenvalue weighted by Gasteiger charge is 2.23. The van der Waals surface area contributed by atoms with E-state index in [1.165, 1.54) is 52.1 Å². The molecule has 88 valence electrons. The van der Waals surface area contributed by atoms with Crippen molar-refractivity contribution in [2.24, 2.45) is 5.92 Å². The molecule has 0 amide bonds. The Hall–Kier alpha value is -0.120. The monoisotopic (exact) mass is 211 g/mol. The van der Waals surface area contributed by atoms with Crippen LogP contribution in [0, 0.1) is 5.92 Å². The van der Waals surface area contributed by atoms with Crippen molar-refractivity contribution in [3.8, 4) is 0 Å². The zero-order chi connectivity index (χ0) is 10.7. The maximum absolute atomic E-state index is 3.46. The van der Waals surface area contributed by atoms with Crippen molar-refractivity contribution in [2.45, 2.75) is 25.8 Å². The Labute approximate surface area is 93.8 Å². The van der Waals surface area contributed by atoms with Crippen LogP contribution in [0.25, 0.3) is 0 Å². The molecule has 0 aromatic carbocycles. The maximum atomic E-state index is 3.46. The van der Waals surface area contributed by atoms with Crippen LogP contribution in [0.5, 0.6) is 0 Å². The molecule has 2 rings (SSSR count). The second-order valence-corrected chi connectivity index (χ2v) is 5.29. The Morgan fingerprint density at radius 2 is 1.93 bits per heavy atom. The summed E-state index contributed by atoms with van der Waals surface area (Å²) in [6, 6.07) is 0.735. The van der Waals surface area contributed by atoms with Crippen molar-refractivity contribution >= 4 is 0 Å². The Morgan fingerprint density at radius 3 is 2.60 bits per heavy atom. The minimum atomic E-state index is 0.735. The Bertz CT molecular complexity index is 187. The number of hydrogen-bond acceptors (Lipinski definition) is 3. The normalized spacial score (nSPS) is 32.0. The number of rotatable bonds is 2. The van der Waals surface area contributed by atoms with Gasteiger partial charge in [0, 0.05) is 32.2 Å². The predicted octanol–water partition coefficient (Wildman–Crippen LogP) is 0.622. The quantitative estimate of drug-likeness (QED) is 0.722. The van der Waals surface area contributed by atoms with Gasteiger partial charge in [0.25, 0.3) is 0 Å². The first-order valence-electron chi connectivity index (χ1n) is 6.39. The van der Waals surface area contributed by atoms with Gasteiger partial charge < -0.3 is 10.2 Å². The summed E-state index contributed by atoms with van der Waals surface area (Å²) in [5.74, 6) is 0.946. The number of piperidine rings is 1. The number of nitrogens with one attached hydrogen (secondary N) is 1. The zero-order valence-electron chi connectivity index (χ0n) is 10.2. The summed E-state index contributed by atoms with van der Waals surface area (Å²) in [5.41, 5.74) is 0. The fraction of sp³-hybridized carbons (Fsp3) is 1.00. The highest BCUT2D eigenvalue weighted by molar-refractivity contribution is 4.80. The third-order valence-corrected chi connectivity index (χ3v) is 3.97. The molecule has 3 heteroatoms. The van der Waals surface area contributed by atoms with Gasteiger partial charge in [0.05, 0.1) is 0 Å². The van der Waals surface area contributed by atoms with Crippen molar-refractivity contribution in [1.29, 1.82) is 0 Å². The molecule has 2 aliphatic heterocycles. The molecule has 15 heavy (non-hydrogen) atoms. The highest BCUT2D eigenvalue weighted by Crippen LogP contribution is 2.18. The summed E-state index contributed by atoms with van der Waals surface area (Å²) in [4.78, 5) is 5.13. The van der Waals surface area contributed by atoms with Crippen LogP contribution in [0.2, 0.25) is 0 Å². The van der Waals surface area contributed by atoms with Crippen molar-refractivity contribution in [2.75, 3.05) is 46.3 Å². The van der Waals surface area contributed by atoms with Gasteiger partial charge in [0.1, 0.15) is 0 Å². The number of likely N-dealkylation sites (tertiary alicyclic amines) is 1. The van der Waals surface area contributed by atoms with E-state index in [0.717, 1.165) is 12.0 Å². The Kier molecular flexibility index (Phi) is 4.00. The number of hydrogen-bond donors (Lipinski definition) is 1. The molecule has 0 saturated carbocycles. The van der Waals surface area contributed by atoms with Gasteiger partial charge in [-0.2, -0.15) is 0 Å². The molecule has 2 aliphatic rings. The molecular weight excluding hydrogens is 186 g/mol. The van der Waals surface area contributed by atoms with Gasteiger partial charge in [0.15, 0.2) is 0 Å². The first-order chi connectivity index (χ1) is 7.25. The van der Waals surface area contributed by atoms with Gasteiger partial charge >= 0.3 is 0 Å². The summed E-state index contributed by atoms with van der Waals surface area (Å²) in [6.07, 6.45) is 2.79. The fourth-order valence-corrected chi connectivity index (χ4v) is 2.73. The molecule has 0 aromatic rings. The minimum absolute atomic E-state index is 0.735. The van der Waals surface area contributed by atoms with E-state index in [-0.39, 0.29) is 0 Å². The van der Waals surface area contributed by atoms with Crippen LogP contribution >= 0.6 is 0 Å². The lowest BCUT2D eigenvalue weighted by Crippen LogP contribution is -2.51. The lowest BCUT2D eigenvalue weighted by Gasteiger charge is -2.38. The van der Waals surface area contributed by atoms with Crippen LogP contribution in [0.3, 0.4) is 0 Å². The van der Waals surface area contributed by atoms with Crippen LogP contribution in [0.4, 0.5) is 0 Å². The Balaban J connectivity index is 1.75. The maximum Gasteiger partial charge on any atom is 0.0193 e. The van der Waals surface area contributed by atoms with Crippen LogP contribution in [0.15, 0.2) is 0 Å².